The van der Waals surface area contributed by atoms with Gasteiger partial charge in [-0.15, -0.1) is 0 Å². The number of carbonyl (C=O) groups is 2. The quantitative estimate of drug-likeness (QED) is 0.157. The van der Waals surface area contributed by atoms with Gasteiger partial charge in [0.1, 0.15) is 0 Å². The van der Waals surface area contributed by atoms with E-state index >= 15 is 0 Å². The second kappa shape index (κ2) is 15.1. The molecule has 0 radical (unpaired) electrons. The average molecular weight is 652 g/mol. The van der Waals surface area contributed by atoms with Crippen LogP contribution in [0.4, 0.5) is 0 Å². The van der Waals surface area contributed by atoms with E-state index in [1.165, 1.54) is 11.1 Å². The van der Waals surface area contributed by atoms with Crippen molar-refractivity contribution in [1.29, 1.82) is 0 Å². The second-order valence-corrected chi connectivity index (χ2v) is 15.4. The van der Waals surface area contributed by atoms with Crippen LogP contribution < -0.4 is 0 Å². The maximum atomic E-state index is 13.1. The molecule has 3 atom stereocenters. The monoisotopic (exact) mass is 651 g/mol. The number of Topliss-reactive ketones (excluding diaryl/α,β-unsaturated/α-hetero) is 1. The third-order valence-corrected chi connectivity index (χ3v) is 11.8. The van der Waals surface area contributed by atoms with Crippen molar-refractivity contribution in [2.45, 2.75) is 96.5 Å². The van der Waals surface area contributed by atoms with Crippen LogP contribution in [0.15, 0.2) is 84.9 Å². The minimum absolute atomic E-state index is 0.144. The van der Waals surface area contributed by atoms with E-state index in [-0.39, 0.29) is 11.8 Å². The molecule has 1 N–H and O–H groups in total. The van der Waals surface area contributed by atoms with Crippen LogP contribution >= 0.6 is 0 Å². The first kappa shape index (κ1) is 36.0. The van der Waals surface area contributed by atoms with Gasteiger partial charge in [0.05, 0.1) is 23.0 Å². The first-order chi connectivity index (χ1) is 22.9. The molecule has 3 aromatic rings. The summed E-state index contributed by atoms with van der Waals surface area (Å²) >= 11 is 0. The molecule has 1 saturated heterocycles. The Labute approximate surface area is 289 Å². The van der Waals surface area contributed by atoms with Crippen LogP contribution in [0.3, 0.4) is 0 Å². The summed E-state index contributed by atoms with van der Waals surface area (Å²) in [6.45, 7) is 15.6. The summed E-state index contributed by atoms with van der Waals surface area (Å²) in [5.41, 5.74) is 1.88. The standard InChI is InChI=1S/C43H57NO4/c1-7-48-40(46)41(4,5)34-22-20-32(21-23-34)38(45)19-14-28-44-29-25-33(26-30-44)39-37(31(2)3)24-27-42(6,47)43(39,35-15-10-8-11-16-35)36-17-12-9-13-18-36/h8-13,15-18,20-23,31,33,37,39,47H,7,14,19,24-30H2,1-6H3. The zero-order valence-electron chi connectivity index (χ0n) is 30.1. The molecule has 5 nitrogen and oxygen atoms in total. The van der Waals surface area contributed by atoms with Gasteiger partial charge in [0.15, 0.2) is 5.78 Å². The number of carbonyl (C=O) groups excluding carboxylic acids is 2. The number of rotatable bonds is 12. The smallest absolute Gasteiger partial charge is 0.315 e. The fraction of sp³-hybridized carbons (Fsp3) is 0.535. The lowest BCUT2D eigenvalue weighted by Gasteiger charge is -2.61. The maximum absolute atomic E-state index is 13.1. The molecule has 1 saturated carbocycles. The Morgan fingerprint density at radius 2 is 1.46 bits per heavy atom. The number of hydrogen-bond acceptors (Lipinski definition) is 5. The van der Waals surface area contributed by atoms with E-state index in [1.807, 2.05) is 45.0 Å². The van der Waals surface area contributed by atoms with Crippen LogP contribution in [-0.2, 0) is 20.4 Å². The van der Waals surface area contributed by atoms with E-state index in [2.05, 4.69) is 86.3 Å². The van der Waals surface area contributed by atoms with Gasteiger partial charge in [-0.05, 0) is 120 Å². The molecule has 0 bridgehead atoms. The molecule has 0 amide bonds. The Hall–Kier alpha value is -3.28. The Bertz CT molecular complexity index is 1450. The van der Waals surface area contributed by atoms with Gasteiger partial charge in [-0.1, -0.05) is 98.8 Å². The van der Waals surface area contributed by atoms with Crippen LogP contribution in [0.25, 0.3) is 0 Å². The minimum Gasteiger partial charge on any atom is -0.465 e. The number of esters is 1. The van der Waals surface area contributed by atoms with Gasteiger partial charge in [-0.3, -0.25) is 9.59 Å². The summed E-state index contributed by atoms with van der Waals surface area (Å²) in [6, 6.07) is 29.2. The van der Waals surface area contributed by atoms with Crippen molar-refractivity contribution >= 4 is 11.8 Å². The third-order valence-electron chi connectivity index (χ3n) is 11.8. The molecule has 258 valence electrons. The van der Waals surface area contributed by atoms with E-state index in [1.54, 1.807) is 0 Å². The van der Waals surface area contributed by atoms with Crippen molar-refractivity contribution in [2.75, 3.05) is 26.2 Å². The first-order valence-corrected chi connectivity index (χ1v) is 18.3. The highest BCUT2D eigenvalue weighted by molar-refractivity contribution is 5.96. The van der Waals surface area contributed by atoms with Crippen LogP contribution in [0.1, 0.15) is 107 Å². The molecule has 1 aliphatic carbocycles. The number of nitrogens with zero attached hydrogens (tertiary/aromatic N) is 1. The number of likely N-dealkylation sites (tertiary alicyclic amines) is 1. The molecule has 2 fully saturated rings. The molecule has 5 rings (SSSR count). The fourth-order valence-corrected chi connectivity index (χ4v) is 9.18. The second-order valence-electron chi connectivity index (χ2n) is 15.4. The van der Waals surface area contributed by atoms with Crippen LogP contribution in [-0.4, -0.2) is 53.6 Å². The van der Waals surface area contributed by atoms with Crippen molar-refractivity contribution in [3.8, 4) is 0 Å². The predicted molar refractivity (Wildman–Crippen MR) is 194 cm³/mol. The zero-order chi connectivity index (χ0) is 34.5. The van der Waals surface area contributed by atoms with Gasteiger partial charge in [-0.2, -0.15) is 0 Å². The minimum atomic E-state index is -0.879. The predicted octanol–water partition coefficient (Wildman–Crippen LogP) is 8.62. The summed E-state index contributed by atoms with van der Waals surface area (Å²) in [7, 11) is 0. The van der Waals surface area contributed by atoms with E-state index in [0.717, 1.165) is 57.3 Å². The lowest BCUT2D eigenvalue weighted by atomic mass is 9.45. The molecule has 0 spiro atoms. The van der Waals surface area contributed by atoms with E-state index < -0.39 is 16.4 Å². The number of ether oxygens (including phenoxy) is 1. The molecular weight excluding hydrogens is 594 g/mol. The van der Waals surface area contributed by atoms with E-state index in [9.17, 15) is 14.7 Å². The largest absolute Gasteiger partial charge is 0.465 e. The van der Waals surface area contributed by atoms with Crippen molar-refractivity contribution in [3.05, 3.63) is 107 Å². The van der Waals surface area contributed by atoms with Gasteiger partial charge >= 0.3 is 5.97 Å². The molecule has 3 unspecified atom stereocenters. The summed E-state index contributed by atoms with van der Waals surface area (Å²) in [5.74, 6) is 1.71. The Morgan fingerprint density at radius 3 is 1.98 bits per heavy atom. The molecule has 1 heterocycles. The van der Waals surface area contributed by atoms with Crippen molar-refractivity contribution in [2.24, 2.45) is 23.7 Å². The normalized spacial score (nSPS) is 23.6. The Morgan fingerprint density at radius 1 is 0.896 bits per heavy atom. The molecule has 0 aromatic heterocycles. The lowest BCUT2D eigenvalue weighted by Crippen LogP contribution is -2.63. The molecule has 1 aliphatic heterocycles. The first-order valence-electron chi connectivity index (χ1n) is 18.3. The van der Waals surface area contributed by atoms with Crippen LogP contribution in [0.2, 0.25) is 0 Å². The topological polar surface area (TPSA) is 66.8 Å². The fourth-order valence-electron chi connectivity index (χ4n) is 9.18. The number of hydrogen-bond donors (Lipinski definition) is 1. The van der Waals surface area contributed by atoms with Crippen LogP contribution in [0.5, 0.6) is 0 Å². The number of piperidine rings is 1. The van der Waals surface area contributed by atoms with Gasteiger partial charge in [0.25, 0.3) is 0 Å². The van der Waals surface area contributed by atoms with Gasteiger partial charge in [-0.25, -0.2) is 0 Å². The Kier molecular flexibility index (Phi) is 11.3. The van der Waals surface area contributed by atoms with E-state index in [4.69, 9.17) is 4.74 Å². The summed E-state index contributed by atoms with van der Waals surface area (Å²) in [4.78, 5) is 28.1. The van der Waals surface area contributed by atoms with Gasteiger partial charge in [0, 0.05) is 12.0 Å². The highest BCUT2D eigenvalue weighted by Gasteiger charge is 2.61. The highest BCUT2D eigenvalue weighted by atomic mass is 16.5. The summed E-state index contributed by atoms with van der Waals surface area (Å²) < 4.78 is 5.24. The zero-order valence-corrected chi connectivity index (χ0v) is 30.1. The highest BCUT2D eigenvalue weighted by Crippen LogP contribution is 2.60. The average Bonchev–Trinajstić information content (AvgIpc) is 3.09. The third kappa shape index (κ3) is 7.05. The van der Waals surface area contributed by atoms with Crippen molar-refractivity contribution in [3.63, 3.8) is 0 Å². The van der Waals surface area contributed by atoms with Crippen LogP contribution in [0, 0.1) is 23.7 Å². The maximum Gasteiger partial charge on any atom is 0.315 e. The SMILES string of the molecule is CCOC(=O)C(C)(C)c1ccc(C(=O)CCCN2CCC(C3C(C(C)C)CCC(C)(O)C3(c3ccccc3)c3ccccc3)CC2)cc1. The van der Waals surface area contributed by atoms with Gasteiger partial charge < -0.3 is 14.7 Å². The van der Waals surface area contributed by atoms with Gasteiger partial charge in [0.2, 0.25) is 0 Å². The summed E-state index contributed by atoms with van der Waals surface area (Å²) in [6.07, 6.45) is 5.35. The molecular formula is C43H57NO4. The van der Waals surface area contributed by atoms with Crippen molar-refractivity contribution < 1.29 is 19.4 Å². The van der Waals surface area contributed by atoms with E-state index in [0.29, 0.717) is 42.3 Å². The van der Waals surface area contributed by atoms with Crippen molar-refractivity contribution in [1.82, 2.24) is 4.90 Å². The number of aliphatic hydroxyl groups is 1. The molecule has 3 aromatic carbocycles. The number of benzene rings is 3. The lowest BCUT2D eigenvalue weighted by molar-refractivity contribution is -0.148. The Balaban J connectivity index is 1.28. The molecule has 5 heteroatoms. The number of ketones is 1. The molecule has 48 heavy (non-hydrogen) atoms. The summed E-state index contributed by atoms with van der Waals surface area (Å²) in [5, 5.41) is 12.5. The molecule has 2 aliphatic rings.